The predicted octanol–water partition coefficient (Wildman–Crippen LogP) is 4.90. The van der Waals surface area contributed by atoms with E-state index in [1.807, 2.05) is 56.5 Å². The van der Waals surface area contributed by atoms with Gasteiger partial charge in [-0.15, -0.1) is 0 Å². The molecule has 0 saturated heterocycles. The van der Waals surface area contributed by atoms with Gasteiger partial charge in [0.25, 0.3) is 0 Å². The van der Waals surface area contributed by atoms with Gasteiger partial charge in [0.05, 0.1) is 39.8 Å². The lowest BCUT2D eigenvalue weighted by Gasteiger charge is -2.14. The van der Waals surface area contributed by atoms with Gasteiger partial charge >= 0.3 is 0 Å². The fourth-order valence-corrected chi connectivity index (χ4v) is 3.54. The molecule has 3 rings (SSSR count). The average molecular weight is 428 g/mol. The van der Waals surface area contributed by atoms with E-state index in [9.17, 15) is 0 Å². The third kappa shape index (κ3) is 4.54. The van der Waals surface area contributed by atoms with Crippen LogP contribution < -0.4 is 19.6 Å². The van der Waals surface area contributed by atoms with E-state index in [0.29, 0.717) is 23.1 Å². The van der Waals surface area contributed by atoms with Crippen LogP contribution in [0.4, 0.5) is 0 Å². The molecule has 0 saturated carbocycles. The molecule has 0 amide bonds. The van der Waals surface area contributed by atoms with Crippen LogP contribution in [0.5, 0.6) is 17.2 Å². The molecule has 30 heavy (non-hydrogen) atoms. The minimum atomic E-state index is 0.567. The van der Waals surface area contributed by atoms with Crippen LogP contribution in [0.1, 0.15) is 22.5 Å². The van der Waals surface area contributed by atoms with Gasteiger partial charge < -0.3 is 24.2 Å². The fourth-order valence-electron chi connectivity index (χ4n) is 3.37. The molecule has 0 bridgehead atoms. The van der Waals surface area contributed by atoms with Crippen LogP contribution in [-0.2, 0) is 6.54 Å². The summed E-state index contributed by atoms with van der Waals surface area (Å²) in [4.78, 5) is 0. The minimum Gasteiger partial charge on any atom is -0.495 e. The number of hydrogen-bond acceptors (Lipinski definition) is 5. The van der Waals surface area contributed by atoms with E-state index in [4.69, 9.17) is 25.8 Å². The van der Waals surface area contributed by atoms with Crippen LogP contribution in [0.15, 0.2) is 47.6 Å². The number of rotatable bonds is 8. The molecule has 7 heteroatoms. The Hall–Kier alpha value is -3.12. The second-order valence-corrected chi connectivity index (χ2v) is 7.20. The first-order valence-electron chi connectivity index (χ1n) is 9.48. The Morgan fingerprint density at radius 1 is 0.933 bits per heavy atom. The Morgan fingerprint density at radius 3 is 2.33 bits per heavy atom. The average Bonchev–Trinajstić information content (AvgIpc) is 3.03. The van der Waals surface area contributed by atoms with Gasteiger partial charge in [-0.1, -0.05) is 17.7 Å². The Labute approximate surface area is 182 Å². The molecule has 0 radical (unpaired) electrons. The van der Waals surface area contributed by atoms with Crippen LogP contribution in [0.25, 0.3) is 5.69 Å². The summed E-state index contributed by atoms with van der Waals surface area (Å²) in [6.45, 7) is 4.66. The summed E-state index contributed by atoms with van der Waals surface area (Å²) in [6, 6.07) is 13.5. The van der Waals surface area contributed by atoms with E-state index in [1.165, 1.54) is 0 Å². The summed E-state index contributed by atoms with van der Waals surface area (Å²) in [5.41, 5.74) is 8.14. The van der Waals surface area contributed by atoms with Gasteiger partial charge in [-0.3, -0.25) is 0 Å². The molecule has 1 N–H and O–H groups in total. The molecule has 0 aliphatic heterocycles. The lowest BCUT2D eigenvalue weighted by molar-refractivity contribution is 0.354. The first-order chi connectivity index (χ1) is 14.5. The van der Waals surface area contributed by atoms with E-state index in [0.717, 1.165) is 34.0 Å². The van der Waals surface area contributed by atoms with Gasteiger partial charge in [0, 0.05) is 22.0 Å². The third-order valence-electron chi connectivity index (χ3n) is 4.88. The van der Waals surface area contributed by atoms with Crippen LogP contribution >= 0.6 is 11.6 Å². The van der Waals surface area contributed by atoms with E-state index in [-0.39, 0.29) is 0 Å². The highest BCUT2D eigenvalue weighted by atomic mass is 35.5. The van der Waals surface area contributed by atoms with Crippen molar-refractivity contribution < 1.29 is 14.2 Å². The summed E-state index contributed by atoms with van der Waals surface area (Å²) in [5, 5.41) is 5.04. The Balaban J connectivity index is 1.77. The van der Waals surface area contributed by atoms with Crippen molar-refractivity contribution in [3.05, 3.63) is 70.0 Å². The van der Waals surface area contributed by atoms with Crippen molar-refractivity contribution in [2.45, 2.75) is 20.4 Å². The Bertz CT molecular complexity index is 1060. The van der Waals surface area contributed by atoms with Crippen molar-refractivity contribution in [1.82, 2.24) is 9.99 Å². The van der Waals surface area contributed by atoms with Crippen molar-refractivity contribution in [2.75, 3.05) is 21.3 Å². The molecule has 0 aliphatic carbocycles. The lowest BCUT2D eigenvalue weighted by atomic mass is 10.2. The van der Waals surface area contributed by atoms with E-state index in [1.54, 1.807) is 21.3 Å². The molecule has 1 aromatic heterocycles. The minimum absolute atomic E-state index is 0.567. The quantitative estimate of drug-likeness (QED) is 0.410. The lowest BCUT2D eigenvalue weighted by Crippen LogP contribution is -2.06. The highest BCUT2D eigenvalue weighted by molar-refractivity contribution is 6.30. The number of hydrogen-bond donors (Lipinski definition) is 1. The van der Waals surface area contributed by atoms with Gasteiger partial charge in [-0.2, -0.15) is 5.10 Å². The molecule has 0 fully saturated rings. The molecule has 3 aromatic rings. The Kier molecular flexibility index (Phi) is 6.90. The van der Waals surface area contributed by atoms with Crippen molar-refractivity contribution in [1.29, 1.82) is 0 Å². The van der Waals surface area contributed by atoms with Crippen molar-refractivity contribution in [3.63, 3.8) is 0 Å². The predicted molar refractivity (Wildman–Crippen MR) is 121 cm³/mol. The number of aromatic nitrogens is 1. The Morgan fingerprint density at radius 2 is 1.63 bits per heavy atom. The standard InChI is InChI=1S/C23H26ClN3O3/c1-15-10-18(16(2)27(15)20-12-19(24)7-9-21(20)28-3)14-26-25-13-17-6-8-22(29-4)23(11-17)30-5/h6-12,14,25H,13H2,1-5H3/b26-14-. The van der Waals surface area contributed by atoms with E-state index < -0.39 is 0 Å². The van der Waals surface area contributed by atoms with Gasteiger partial charge in [-0.25, -0.2) is 0 Å². The highest BCUT2D eigenvalue weighted by Gasteiger charge is 2.14. The number of nitrogens with zero attached hydrogens (tertiary/aromatic N) is 2. The van der Waals surface area contributed by atoms with Crippen LogP contribution in [0.3, 0.4) is 0 Å². The molecule has 0 aliphatic rings. The fraction of sp³-hybridized carbons (Fsp3) is 0.261. The molecule has 158 valence electrons. The third-order valence-corrected chi connectivity index (χ3v) is 5.11. The normalized spacial score (nSPS) is 11.0. The molecule has 0 unspecified atom stereocenters. The molecule has 2 aromatic carbocycles. The van der Waals surface area contributed by atoms with Crippen molar-refractivity contribution >= 4 is 17.8 Å². The number of halogens is 1. The summed E-state index contributed by atoms with van der Waals surface area (Å²) in [7, 11) is 4.90. The maximum absolute atomic E-state index is 6.21. The molecular formula is C23H26ClN3O3. The molecule has 1 heterocycles. The number of nitrogens with one attached hydrogen (secondary N) is 1. The van der Waals surface area contributed by atoms with Crippen LogP contribution in [0, 0.1) is 13.8 Å². The summed E-state index contributed by atoms with van der Waals surface area (Å²) >= 11 is 6.21. The van der Waals surface area contributed by atoms with Gasteiger partial charge in [-0.05, 0) is 55.8 Å². The van der Waals surface area contributed by atoms with Crippen molar-refractivity contribution in [3.8, 4) is 22.9 Å². The topological polar surface area (TPSA) is 57.0 Å². The van der Waals surface area contributed by atoms with Gasteiger partial charge in [0.2, 0.25) is 0 Å². The SMILES string of the molecule is COc1ccc(CN/N=C\c2cc(C)n(-c3cc(Cl)ccc3OC)c2C)cc1OC. The summed E-state index contributed by atoms with van der Waals surface area (Å²) in [5.74, 6) is 2.16. The number of hydrazone groups is 1. The number of methoxy groups -OCH3 is 3. The largest absolute Gasteiger partial charge is 0.495 e. The number of ether oxygens (including phenoxy) is 3. The zero-order valence-corrected chi connectivity index (χ0v) is 18.6. The van der Waals surface area contributed by atoms with Gasteiger partial charge in [0.1, 0.15) is 5.75 Å². The van der Waals surface area contributed by atoms with E-state index >= 15 is 0 Å². The monoisotopic (exact) mass is 427 g/mol. The number of benzene rings is 2. The van der Waals surface area contributed by atoms with Crippen molar-refractivity contribution in [2.24, 2.45) is 5.10 Å². The zero-order valence-electron chi connectivity index (χ0n) is 17.8. The maximum atomic E-state index is 6.21. The van der Waals surface area contributed by atoms with Gasteiger partial charge in [0.15, 0.2) is 11.5 Å². The first-order valence-corrected chi connectivity index (χ1v) is 9.86. The van der Waals surface area contributed by atoms with Crippen LogP contribution in [-0.4, -0.2) is 32.1 Å². The second kappa shape index (κ2) is 9.59. The zero-order chi connectivity index (χ0) is 21.7. The maximum Gasteiger partial charge on any atom is 0.161 e. The molecule has 0 spiro atoms. The smallest absolute Gasteiger partial charge is 0.161 e. The van der Waals surface area contributed by atoms with Crippen LogP contribution in [0.2, 0.25) is 5.02 Å². The second-order valence-electron chi connectivity index (χ2n) is 6.76. The molecule has 0 atom stereocenters. The number of aryl methyl sites for hydroxylation is 1. The summed E-state index contributed by atoms with van der Waals surface area (Å²) in [6.07, 6.45) is 1.82. The molecule has 6 nitrogen and oxygen atoms in total. The summed E-state index contributed by atoms with van der Waals surface area (Å²) < 4.78 is 18.2. The van der Waals surface area contributed by atoms with E-state index in [2.05, 4.69) is 21.2 Å². The molecular weight excluding hydrogens is 402 g/mol. The highest BCUT2D eigenvalue weighted by Crippen LogP contribution is 2.30. The first kappa shape index (κ1) is 21.6.